The van der Waals surface area contributed by atoms with Crippen LogP contribution in [0.5, 0.6) is 5.75 Å². The van der Waals surface area contributed by atoms with Gasteiger partial charge in [-0.25, -0.2) is 0 Å². The second kappa shape index (κ2) is 7.94. The molecule has 0 heterocycles. The summed E-state index contributed by atoms with van der Waals surface area (Å²) in [5, 5.41) is 10.6. The van der Waals surface area contributed by atoms with Crippen molar-refractivity contribution in [3.8, 4) is 5.75 Å². The van der Waals surface area contributed by atoms with Crippen molar-refractivity contribution in [2.24, 2.45) is 11.8 Å². The predicted molar refractivity (Wildman–Crippen MR) is 84.4 cm³/mol. The van der Waals surface area contributed by atoms with Gasteiger partial charge in [0.05, 0.1) is 13.2 Å². The number of aliphatic hydroxyl groups excluding tert-OH is 1. The molecule has 0 radical (unpaired) electrons. The molecule has 21 heavy (non-hydrogen) atoms. The Bertz CT molecular complexity index is 460. The first-order valence-electron chi connectivity index (χ1n) is 6.92. The molecule has 0 amide bonds. The quantitative estimate of drug-likeness (QED) is 0.796. The lowest BCUT2D eigenvalue weighted by Gasteiger charge is -2.36. The maximum absolute atomic E-state index is 10.6. The lowest BCUT2D eigenvalue weighted by molar-refractivity contribution is -0.0432. The number of rotatable bonds is 6. The van der Waals surface area contributed by atoms with E-state index >= 15 is 0 Å². The van der Waals surface area contributed by atoms with Gasteiger partial charge in [0.15, 0.2) is 0 Å². The summed E-state index contributed by atoms with van der Waals surface area (Å²) in [6.45, 7) is 1.03. The molecular weight excluding hydrogens is 336 g/mol. The molecule has 0 saturated heterocycles. The monoisotopic (exact) mass is 356 g/mol. The van der Waals surface area contributed by atoms with Crippen molar-refractivity contribution in [1.29, 1.82) is 0 Å². The van der Waals surface area contributed by atoms with Crippen molar-refractivity contribution in [3.63, 3.8) is 0 Å². The third kappa shape index (κ3) is 4.30. The van der Waals surface area contributed by atoms with Crippen LogP contribution in [0.2, 0.25) is 0 Å². The Labute approximate surface area is 133 Å². The maximum atomic E-state index is 10.6. The number of ether oxygens (including phenoxy) is 3. The van der Waals surface area contributed by atoms with E-state index in [2.05, 4.69) is 15.9 Å². The van der Waals surface area contributed by atoms with Crippen LogP contribution < -0.4 is 4.74 Å². The van der Waals surface area contributed by atoms with Gasteiger partial charge in [-0.1, -0.05) is 22.0 Å². The zero-order valence-corrected chi connectivity index (χ0v) is 13.8. The fourth-order valence-electron chi connectivity index (χ4n) is 2.57. The van der Waals surface area contributed by atoms with Crippen LogP contribution in [0.1, 0.15) is 0 Å². The summed E-state index contributed by atoms with van der Waals surface area (Å²) in [5.41, 5.74) is 0. The number of methoxy groups -OCH3 is 2. The van der Waals surface area contributed by atoms with Gasteiger partial charge < -0.3 is 19.3 Å². The molecule has 0 saturated carbocycles. The molecule has 0 aliphatic heterocycles. The van der Waals surface area contributed by atoms with E-state index in [1.54, 1.807) is 14.2 Å². The van der Waals surface area contributed by atoms with E-state index < -0.39 is 6.10 Å². The Morgan fingerprint density at radius 3 is 2.33 bits per heavy atom. The lowest BCUT2D eigenvalue weighted by Crippen LogP contribution is -2.45. The number of hydrogen-bond donors (Lipinski definition) is 1. The molecule has 1 aromatic rings. The van der Waals surface area contributed by atoms with Gasteiger partial charge in [0.2, 0.25) is 0 Å². The summed E-state index contributed by atoms with van der Waals surface area (Å²) in [6, 6.07) is 7.57. The van der Waals surface area contributed by atoms with Gasteiger partial charge in [0, 0.05) is 30.5 Å². The van der Waals surface area contributed by atoms with Crippen LogP contribution in [0.25, 0.3) is 0 Å². The Hall–Kier alpha value is -0.880. The number of halogens is 1. The smallest absolute Gasteiger partial charge is 0.143 e. The van der Waals surface area contributed by atoms with Crippen LogP contribution >= 0.6 is 15.9 Å². The molecular formula is C16H21BrO4. The molecule has 2 rings (SSSR count). The average molecular weight is 357 g/mol. The summed E-state index contributed by atoms with van der Waals surface area (Å²) in [6.07, 6.45) is 2.95. The van der Waals surface area contributed by atoms with E-state index in [9.17, 15) is 5.11 Å². The Morgan fingerprint density at radius 2 is 1.71 bits per heavy atom. The second-order valence-electron chi connectivity index (χ2n) is 5.15. The zero-order chi connectivity index (χ0) is 15.2. The Kier molecular flexibility index (Phi) is 6.23. The largest absolute Gasteiger partial charge is 0.484 e. The van der Waals surface area contributed by atoms with Crippen LogP contribution in [0, 0.1) is 11.8 Å². The first-order valence-corrected chi connectivity index (χ1v) is 7.71. The highest BCUT2D eigenvalue weighted by molar-refractivity contribution is 9.10. The summed E-state index contributed by atoms with van der Waals surface area (Å²) in [4.78, 5) is 0. The number of aliphatic hydroxyl groups is 1. The van der Waals surface area contributed by atoms with Gasteiger partial charge in [0.25, 0.3) is 0 Å². The normalized spacial score (nSPS) is 28.6. The topological polar surface area (TPSA) is 47.9 Å². The molecule has 4 nitrogen and oxygen atoms in total. The zero-order valence-electron chi connectivity index (χ0n) is 12.2. The second-order valence-corrected chi connectivity index (χ2v) is 6.07. The molecule has 5 heteroatoms. The third-order valence-corrected chi connectivity index (χ3v) is 4.21. The van der Waals surface area contributed by atoms with Crippen molar-refractivity contribution in [1.82, 2.24) is 0 Å². The lowest BCUT2D eigenvalue weighted by atomic mass is 9.81. The van der Waals surface area contributed by atoms with Crippen molar-refractivity contribution < 1.29 is 19.3 Å². The summed E-state index contributed by atoms with van der Waals surface area (Å²) >= 11 is 3.39. The summed E-state index contributed by atoms with van der Waals surface area (Å²) in [5.74, 6) is 0.823. The Morgan fingerprint density at radius 1 is 1.05 bits per heavy atom. The molecule has 1 N–H and O–H groups in total. The molecule has 1 aliphatic carbocycles. The van der Waals surface area contributed by atoms with Crippen molar-refractivity contribution in [3.05, 3.63) is 40.9 Å². The number of benzene rings is 1. The SMILES string of the molecule is COC[C@H]1[C@@H](O)[C@H](Oc2ccc(Br)cc2)C=C[C@H]1COC. The standard InChI is InChI=1S/C16H21BrO4/c1-19-9-11-3-8-15(16(18)14(11)10-20-2)21-13-6-4-12(17)5-7-13/h3-8,11,14-16,18H,9-10H2,1-2H3/t11-,14+,15+,16+/m0/s1. The molecule has 0 bridgehead atoms. The maximum Gasteiger partial charge on any atom is 0.143 e. The minimum Gasteiger partial charge on any atom is -0.484 e. The van der Waals surface area contributed by atoms with E-state index in [1.807, 2.05) is 36.4 Å². The van der Waals surface area contributed by atoms with Gasteiger partial charge in [-0.3, -0.25) is 0 Å². The van der Waals surface area contributed by atoms with E-state index in [4.69, 9.17) is 14.2 Å². The van der Waals surface area contributed by atoms with E-state index in [1.165, 1.54) is 0 Å². The fourth-order valence-corrected chi connectivity index (χ4v) is 2.84. The molecule has 1 aromatic carbocycles. The molecule has 0 unspecified atom stereocenters. The highest BCUT2D eigenvalue weighted by atomic mass is 79.9. The highest BCUT2D eigenvalue weighted by Gasteiger charge is 2.36. The van der Waals surface area contributed by atoms with E-state index in [-0.39, 0.29) is 17.9 Å². The molecule has 4 atom stereocenters. The van der Waals surface area contributed by atoms with Crippen LogP contribution in [-0.2, 0) is 9.47 Å². The first kappa shape index (κ1) is 16.5. The molecule has 0 aromatic heterocycles. The van der Waals surface area contributed by atoms with Crippen LogP contribution in [-0.4, -0.2) is 44.7 Å². The number of hydrogen-bond acceptors (Lipinski definition) is 4. The molecule has 0 spiro atoms. The van der Waals surface area contributed by atoms with E-state index in [0.29, 0.717) is 13.2 Å². The minimum atomic E-state index is -0.626. The fraction of sp³-hybridized carbons (Fsp3) is 0.500. The van der Waals surface area contributed by atoms with Crippen molar-refractivity contribution in [2.75, 3.05) is 27.4 Å². The van der Waals surface area contributed by atoms with Crippen molar-refractivity contribution in [2.45, 2.75) is 12.2 Å². The first-order chi connectivity index (χ1) is 10.2. The van der Waals surface area contributed by atoms with Crippen molar-refractivity contribution >= 4 is 15.9 Å². The molecule has 0 fully saturated rings. The van der Waals surface area contributed by atoms with E-state index in [0.717, 1.165) is 10.2 Å². The van der Waals surface area contributed by atoms with Gasteiger partial charge in [0.1, 0.15) is 18.0 Å². The average Bonchev–Trinajstić information content (AvgIpc) is 2.48. The van der Waals surface area contributed by atoms with Gasteiger partial charge in [-0.15, -0.1) is 0 Å². The van der Waals surface area contributed by atoms with Gasteiger partial charge >= 0.3 is 0 Å². The highest BCUT2D eigenvalue weighted by Crippen LogP contribution is 2.29. The van der Waals surface area contributed by atoms with Crippen LogP contribution in [0.15, 0.2) is 40.9 Å². The Balaban J connectivity index is 2.09. The van der Waals surface area contributed by atoms with Gasteiger partial charge in [-0.05, 0) is 30.3 Å². The van der Waals surface area contributed by atoms with Crippen LogP contribution in [0.3, 0.4) is 0 Å². The summed E-state index contributed by atoms with van der Waals surface area (Å²) in [7, 11) is 3.30. The van der Waals surface area contributed by atoms with Crippen LogP contribution in [0.4, 0.5) is 0 Å². The molecule has 1 aliphatic rings. The third-order valence-electron chi connectivity index (χ3n) is 3.68. The summed E-state index contributed by atoms with van der Waals surface area (Å²) < 4.78 is 17.3. The predicted octanol–water partition coefficient (Wildman–Crippen LogP) is 2.65. The minimum absolute atomic E-state index is 0.0413. The molecule has 116 valence electrons. The van der Waals surface area contributed by atoms with Gasteiger partial charge in [-0.2, -0.15) is 0 Å².